The van der Waals surface area contributed by atoms with Crippen LogP contribution < -0.4 is 10.6 Å². The Bertz CT molecular complexity index is 1480. The van der Waals surface area contributed by atoms with E-state index >= 15 is 0 Å². The van der Waals surface area contributed by atoms with E-state index in [-0.39, 0.29) is 29.0 Å². The van der Waals surface area contributed by atoms with E-state index in [1.807, 2.05) is 13.8 Å². The average molecular weight is 634 g/mol. The molecule has 3 aromatic rings. The van der Waals surface area contributed by atoms with Gasteiger partial charge >= 0.3 is 0 Å². The number of dihydropyridines is 1. The molecule has 1 saturated heterocycles. The lowest BCUT2D eigenvalue weighted by atomic mass is 9.68. The Morgan fingerprint density at radius 1 is 0.933 bits per heavy atom. The van der Waals surface area contributed by atoms with Crippen LogP contribution in [0.2, 0.25) is 0 Å². The summed E-state index contributed by atoms with van der Waals surface area (Å²) in [5.74, 6) is -0.484. The molecule has 238 valence electrons. The van der Waals surface area contributed by atoms with Crippen LogP contribution in [0.4, 0.5) is 5.69 Å². The van der Waals surface area contributed by atoms with Crippen molar-refractivity contribution in [1.82, 2.24) is 20.4 Å². The third-order valence-corrected chi connectivity index (χ3v) is 8.83. The number of piperidine rings is 1. The summed E-state index contributed by atoms with van der Waals surface area (Å²) >= 11 is 0. The molecule has 4 N–H and O–H groups in total. The topological polar surface area (TPSA) is 139 Å². The summed E-state index contributed by atoms with van der Waals surface area (Å²) in [5.41, 5.74) is 6.15. The third-order valence-electron chi connectivity index (χ3n) is 8.83. The summed E-state index contributed by atoms with van der Waals surface area (Å²) in [6.45, 7) is 6.67. The Morgan fingerprint density at radius 2 is 1.49 bits per heavy atom. The van der Waals surface area contributed by atoms with Crippen molar-refractivity contribution in [3.63, 3.8) is 0 Å². The summed E-state index contributed by atoms with van der Waals surface area (Å²) in [4.78, 5) is 39.1. The highest BCUT2D eigenvalue weighted by molar-refractivity contribution is 5.85. The average Bonchev–Trinajstić information content (AvgIpc) is 3.04. The lowest BCUT2D eigenvalue weighted by Gasteiger charge is -2.43. The van der Waals surface area contributed by atoms with Gasteiger partial charge in [0.1, 0.15) is 0 Å². The number of likely N-dealkylation sites (tertiary alicyclic amines) is 1. The van der Waals surface area contributed by atoms with Gasteiger partial charge in [-0.1, -0.05) is 72.8 Å². The number of allylic oxidation sites excluding steroid dienone is 2. The van der Waals surface area contributed by atoms with Crippen LogP contribution in [0.25, 0.3) is 0 Å². The van der Waals surface area contributed by atoms with Crippen molar-refractivity contribution in [2.24, 2.45) is 0 Å². The van der Waals surface area contributed by atoms with Crippen molar-refractivity contribution in [3.05, 3.63) is 135 Å². The first-order valence-electron chi connectivity index (χ1n) is 14.6. The molecule has 1 atom stereocenters. The van der Waals surface area contributed by atoms with E-state index in [1.54, 1.807) is 17.0 Å². The largest absolute Gasteiger partial charge is 0.412 e. The van der Waals surface area contributed by atoms with Crippen molar-refractivity contribution < 1.29 is 20.0 Å². The first kappa shape index (κ1) is 35.0. The number of amides is 2. The molecule has 0 spiro atoms. The maximum absolute atomic E-state index is 12.6. The molecule has 10 nitrogen and oxygen atoms in total. The zero-order chi connectivity index (χ0) is 30.4. The van der Waals surface area contributed by atoms with Gasteiger partial charge in [-0.2, -0.15) is 0 Å². The number of hydrogen-bond donors (Lipinski definition) is 2. The second-order valence-corrected chi connectivity index (χ2v) is 11.2. The van der Waals surface area contributed by atoms with Crippen LogP contribution in [0.3, 0.4) is 0 Å². The van der Waals surface area contributed by atoms with Crippen molar-refractivity contribution in [3.8, 4) is 0 Å². The number of benzene rings is 3. The van der Waals surface area contributed by atoms with E-state index in [1.165, 1.54) is 23.3 Å². The lowest BCUT2D eigenvalue weighted by molar-refractivity contribution is -0.384. The van der Waals surface area contributed by atoms with Gasteiger partial charge in [0.05, 0.1) is 22.2 Å². The summed E-state index contributed by atoms with van der Waals surface area (Å²) < 4.78 is 0. The fraction of sp³-hybridized carbons (Fsp3) is 0.294. The van der Waals surface area contributed by atoms with Crippen LogP contribution >= 0.6 is 12.4 Å². The van der Waals surface area contributed by atoms with Gasteiger partial charge in [-0.25, -0.2) is 0 Å². The molecule has 0 bridgehead atoms. The van der Waals surface area contributed by atoms with Gasteiger partial charge in [0.25, 0.3) is 5.69 Å². The zero-order valence-electron chi connectivity index (χ0n) is 25.4. The highest BCUT2D eigenvalue weighted by Crippen LogP contribution is 2.42. The van der Waals surface area contributed by atoms with Gasteiger partial charge in [0, 0.05) is 42.0 Å². The summed E-state index contributed by atoms with van der Waals surface area (Å²) in [6.07, 6.45) is 3.38. The molecule has 45 heavy (non-hydrogen) atoms. The summed E-state index contributed by atoms with van der Waals surface area (Å²) in [7, 11) is 0. The van der Waals surface area contributed by atoms with E-state index in [0.717, 1.165) is 49.3 Å². The van der Waals surface area contributed by atoms with Gasteiger partial charge in [-0.15, -0.1) is 12.4 Å². The number of nitro benzene ring substituents is 1. The molecule has 2 aliphatic rings. The molecule has 1 unspecified atom stereocenters. The molecule has 11 heteroatoms. The molecule has 0 aliphatic carbocycles. The monoisotopic (exact) mass is 633 g/mol. The number of non-ortho nitro benzene ring substituents is 1. The fourth-order valence-corrected chi connectivity index (χ4v) is 6.63. The van der Waals surface area contributed by atoms with Crippen LogP contribution in [0.5, 0.6) is 0 Å². The van der Waals surface area contributed by atoms with Crippen LogP contribution in [-0.2, 0) is 15.0 Å². The van der Waals surface area contributed by atoms with Crippen LogP contribution in [0.1, 0.15) is 49.3 Å². The van der Waals surface area contributed by atoms with Gasteiger partial charge in [0.2, 0.25) is 12.8 Å². The smallest absolute Gasteiger partial charge is 0.269 e. The maximum atomic E-state index is 12.6. The van der Waals surface area contributed by atoms with E-state index in [9.17, 15) is 19.7 Å². The molecule has 0 radical (unpaired) electrons. The van der Waals surface area contributed by atoms with Crippen molar-refractivity contribution in [2.45, 2.75) is 38.0 Å². The minimum absolute atomic E-state index is 0. The number of halogens is 1. The Balaban J connectivity index is 0.00000276. The molecule has 5 rings (SSSR count). The zero-order valence-corrected chi connectivity index (χ0v) is 26.3. The number of carbonyl (C=O) groups excluding carboxylic acids is 2. The van der Waals surface area contributed by atoms with Gasteiger partial charge in [-0.3, -0.25) is 19.7 Å². The van der Waals surface area contributed by atoms with Crippen LogP contribution in [0.15, 0.2) is 108 Å². The van der Waals surface area contributed by atoms with Gasteiger partial charge in [0.15, 0.2) is 0 Å². The standard InChI is InChI=1S/C34H37N5O4.ClH.H2O/c1-25-32(35-23-40)31(27-13-15-30(16-14-27)39(42)43)33(26(2)36-25)38(24-41)22-21-37-19-17-34(18-20-37,28-9-5-3-6-10-28)29-11-7-4-8-12-29;;/h3-16,23-24,31,36H,17-22H2,1-2H3,(H,35,40);1H;1H2. The molecule has 1 fully saturated rings. The molecule has 2 aliphatic heterocycles. The number of rotatable bonds is 11. The molecule has 2 amide bonds. The second kappa shape index (κ2) is 15.5. The van der Waals surface area contributed by atoms with Crippen LogP contribution in [-0.4, -0.2) is 59.2 Å². The number of hydrogen-bond acceptors (Lipinski definition) is 6. The summed E-state index contributed by atoms with van der Waals surface area (Å²) in [6, 6.07) is 27.7. The third kappa shape index (κ3) is 7.25. The lowest BCUT2D eigenvalue weighted by Crippen LogP contribution is -2.46. The predicted molar refractivity (Wildman–Crippen MR) is 177 cm³/mol. The number of nitrogens with zero attached hydrogens (tertiary/aromatic N) is 3. The summed E-state index contributed by atoms with van der Waals surface area (Å²) in [5, 5.41) is 17.4. The molecule has 0 saturated carbocycles. The molecule has 0 aromatic heterocycles. The predicted octanol–water partition coefficient (Wildman–Crippen LogP) is 4.63. The Kier molecular flexibility index (Phi) is 12.0. The molecular weight excluding hydrogens is 594 g/mol. The van der Waals surface area contributed by atoms with E-state index in [0.29, 0.717) is 30.9 Å². The van der Waals surface area contributed by atoms with Crippen molar-refractivity contribution in [2.75, 3.05) is 26.2 Å². The molecule has 2 heterocycles. The number of carbonyl (C=O) groups is 2. The quantitative estimate of drug-likeness (QED) is 0.179. The molecular formula is C34H40ClN5O5. The van der Waals surface area contributed by atoms with E-state index in [2.05, 4.69) is 76.2 Å². The fourth-order valence-electron chi connectivity index (χ4n) is 6.63. The Morgan fingerprint density at radius 3 is 1.98 bits per heavy atom. The van der Waals surface area contributed by atoms with Crippen molar-refractivity contribution in [1.29, 1.82) is 0 Å². The minimum atomic E-state index is -0.484. The Hall–Kier alpha value is -4.51. The SMILES string of the molecule is CC1=C(NC=O)C(c2ccc([N+](=O)[O-])cc2)C(N(C=O)CCN2CCC(c3ccccc3)(c3ccccc3)CC2)=C(C)N1.Cl.O. The van der Waals surface area contributed by atoms with Gasteiger partial charge < -0.3 is 25.9 Å². The van der Waals surface area contributed by atoms with E-state index in [4.69, 9.17) is 0 Å². The molecule has 3 aromatic carbocycles. The second-order valence-electron chi connectivity index (χ2n) is 11.2. The normalized spacial score (nSPS) is 17.7. The highest BCUT2D eigenvalue weighted by Gasteiger charge is 2.38. The highest BCUT2D eigenvalue weighted by atomic mass is 35.5. The Labute approximate surface area is 269 Å². The minimum Gasteiger partial charge on any atom is -0.412 e. The van der Waals surface area contributed by atoms with Gasteiger partial charge in [-0.05, 0) is 56.5 Å². The van der Waals surface area contributed by atoms with E-state index < -0.39 is 10.8 Å². The maximum Gasteiger partial charge on any atom is 0.269 e. The first-order chi connectivity index (χ1) is 20.9. The van der Waals surface area contributed by atoms with Crippen LogP contribution in [0, 0.1) is 10.1 Å². The number of nitrogens with one attached hydrogen (secondary N) is 2. The first-order valence-corrected chi connectivity index (χ1v) is 14.6. The number of nitro groups is 1. The van der Waals surface area contributed by atoms with Crippen molar-refractivity contribution >= 4 is 30.9 Å².